The average molecular weight is 298 g/mol. The molecule has 2 N–H and O–H groups in total. The molecule has 0 unspecified atom stereocenters. The van der Waals surface area contributed by atoms with Gasteiger partial charge in [0, 0.05) is 17.2 Å². The average Bonchev–Trinajstić information content (AvgIpc) is 2.47. The van der Waals surface area contributed by atoms with Crippen molar-refractivity contribution in [3.8, 4) is 6.07 Å². The zero-order valence-electron chi connectivity index (χ0n) is 11.3. The molecule has 4 nitrogen and oxygen atoms in total. The van der Waals surface area contributed by atoms with Crippen LogP contribution in [0, 0.1) is 11.3 Å². The Kier molecular flexibility index (Phi) is 3.48. The maximum atomic E-state index is 12.0. The SMILES string of the molecule is N#Cc1c(S)cccc1[C@@H]1C=C(N)OC2=C1CCCC2=O. The summed E-state index contributed by atoms with van der Waals surface area (Å²) in [6.45, 7) is 0. The number of ether oxygens (including phenoxy) is 1. The predicted octanol–water partition coefficient (Wildman–Crippen LogP) is 2.77. The maximum Gasteiger partial charge on any atom is 0.198 e. The normalized spacial score (nSPS) is 21.2. The van der Waals surface area contributed by atoms with Gasteiger partial charge in [-0.1, -0.05) is 12.1 Å². The minimum absolute atomic E-state index is 0.0159. The number of benzene rings is 1. The minimum Gasteiger partial charge on any atom is -0.438 e. The Morgan fingerprint density at radius 2 is 2.19 bits per heavy atom. The fourth-order valence-electron chi connectivity index (χ4n) is 2.90. The monoisotopic (exact) mass is 298 g/mol. The van der Waals surface area contributed by atoms with Gasteiger partial charge in [0.15, 0.2) is 17.4 Å². The Morgan fingerprint density at radius 3 is 2.95 bits per heavy atom. The third kappa shape index (κ3) is 2.32. The van der Waals surface area contributed by atoms with E-state index in [9.17, 15) is 10.1 Å². The van der Waals surface area contributed by atoms with Gasteiger partial charge in [-0.3, -0.25) is 4.79 Å². The van der Waals surface area contributed by atoms with E-state index >= 15 is 0 Å². The lowest BCUT2D eigenvalue weighted by atomic mass is 9.80. The Hall–Kier alpha value is -2.19. The zero-order valence-corrected chi connectivity index (χ0v) is 12.2. The highest BCUT2D eigenvalue weighted by molar-refractivity contribution is 7.80. The molecule has 0 amide bonds. The largest absolute Gasteiger partial charge is 0.438 e. The standard InChI is InChI=1S/C16H14N2O2S/c17-8-12-9(3-2-6-14(12)21)11-7-15(18)20-16-10(11)4-1-5-13(16)19/h2-3,6-7,11,21H,1,4-5,18H2/t11-/m0/s1. The lowest BCUT2D eigenvalue weighted by Gasteiger charge is -2.29. The van der Waals surface area contributed by atoms with Crippen molar-refractivity contribution in [1.82, 2.24) is 0 Å². The van der Waals surface area contributed by atoms with Crippen LogP contribution in [0.5, 0.6) is 0 Å². The van der Waals surface area contributed by atoms with Crippen LogP contribution in [0.25, 0.3) is 0 Å². The Morgan fingerprint density at radius 1 is 1.38 bits per heavy atom. The van der Waals surface area contributed by atoms with Gasteiger partial charge < -0.3 is 10.5 Å². The van der Waals surface area contributed by atoms with Gasteiger partial charge in [-0.15, -0.1) is 12.6 Å². The second-order valence-corrected chi connectivity index (χ2v) is 5.61. The van der Waals surface area contributed by atoms with E-state index in [2.05, 4.69) is 18.7 Å². The number of nitrogens with two attached hydrogens (primary N) is 1. The van der Waals surface area contributed by atoms with Crippen LogP contribution in [0.15, 0.2) is 46.4 Å². The summed E-state index contributed by atoms with van der Waals surface area (Å²) in [4.78, 5) is 12.6. The van der Waals surface area contributed by atoms with Crippen molar-refractivity contribution < 1.29 is 9.53 Å². The fourth-order valence-corrected chi connectivity index (χ4v) is 3.16. The molecule has 0 radical (unpaired) electrons. The molecule has 21 heavy (non-hydrogen) atoms. The van der Waals surface area contributed by atoms with Crippen LogP contribution >= 0.6 is 12.6 Å². The molecule has 0 saturated carbocycles. The summed E-state index contributed by atoms with van der Waals surface area (Å²) < 4.78 is 5.42. The van der Waals surface area contributed by atoms with Crippen molar-refractivity contribution in [2.75, 3.05) is 0 Å². The zero-order chi connectivity index (χ0) is 15.0. The van der Waals surface area contributed by atoms with E-state index in [-0.39, 0.29) is 17.6 Å². The third-order valence-corrected chi connectivity index (χ3v) is 4.22. The molecule has 1 aliphatic heterocycles. The Balaban J connectivity index is 2.17. The summed E-state index contributed by atoms with van der Waals surface area (Å²) in [5.74, 6) is 0.361. The van der Waals surface area contributed by atoms with Gasteiger partial charge in [0.2, 0.25) is 0 Å². The van der Waals surface area contributed by atoms with Crippen molar-refractivity contribution in [2.45, 2.75) is 30.1 Å². The minimum atomic E-state index is -0.195. The van der Waals surface area contributed by atoms with Crippen LogP contribution in [0.3, 0.4) is 0 Å². The number of nitriles is 1. The highest BCUT2D eigenvalue weighted by Gasteiger charge is 2.32. The van der Waals surface area contributed by atoms with E-state index in [1.54, 1.807) is 12.1 Å². The summed E-state index contributed by atoms with van der Waals surface area (Å²) in [5.41, 5.74) is 8.06. The van der Waals surface area contributed by atoms with Crippen LogP contribution in [0.1, 0.15) is 36.3 Å². The molecule has 3 rings (SSSR count). The molecule has 1 aromatic rings. The van der Waals surface area contributed by atoms with Crippen molar-refractivity contribution in [3.63, 3.8) is 0 Å². The molecule has 0 fully saturated rings. The topological polar surface area (TPSA) is 76.1 Å². The van der Waals surface area contributed by atoms with E-state index in [1.165, 1.54) is 0 Å². The van der Waals surface area contributed by atoms with Gasteiger partial charge in [-0.05, 0) is 36.1 Å². The number of carbonyl (C=O) groups is 1. The van der Waals surface area contributed by atoms with Crippen LogP contribution in [0.2, 0.25) is 0 Å². The Labute approximate surface area is 128 Å². The molecular weight excluding hydrogens is 284 g/mol. The molecule has 0 bridgehead atoms. The fraction of sp³-hybridized carbons (Fsp3) is 0.250. The highest BCUT2D eigenvalue weighted by atomic mass is 32.1. The van der Waals surface area contributed by atoms with Gasteiger partial charge >= 0.3 is 0 Å². The van der Waals surface area contributed by atoms with Crippen molar-refractivity contribution in [3.05, 3.63) is 52.6 Å². The number of hydrogen-bond acceptors (Lipinski definition) is 5. The molecule has 106 valence electrons. The number of Topliss-reactive ketones (excluding diaryl/α,β-unsaturated/α-hetero) is 1. The van der Waals surface area contributed by atoms with Crippen LogP contribution in [-0.2, 0) is 9.53 Å². The summed E-state index contributed by atoms with van der Waals surface area (Å²) in [7, 11) is 0. The van der Waals surface area contributed by atoms with Crippen LogP contribution in [-0.4, -0.2) is 5.78 Å². The molecule has 0 aromatic heterocycles. The van der Waals surface area contributed by atoms with E-state index in [0.717, 1.165) is 24.0 Å². The number of hydrogen-bond donors (Lipinski definition) is 2. The molecule has 1 heterocycles. The quantitative estimate of drug-likeness (QED) is 0.782. The molecule has 1 aliphatic carbocycles. The number of thiol groups is 1. The maximum absolute atomic E-state index is 12.0. The summed E-state index contributed by atoms with van der Waals surface area (Å²) >= 11 is 4.34. The van der Waals surface area contributed by atoms with Gasteiger partial charge in [-0.2, -0.15) is 5.26 Å². The van der Waals surface area contributed by atoms with E-state index in [1.807, 2.05) is 12.1 Å². The predicted molar refractivity (Wildman–Crippen MR) is 80.4 cm³/mol. The second kappa shape index (κ2) is 5.30. The molecule has 2 aliphatic rings. The first kappa shape index (κ1) is 13.8. The first-order chi connectivity index (χ1) is 10.1. The van der Waals surface area contributed by atoms with Crippen molar-refractivity contribution in [2.24, 2.45) is 5.73 Å². The van der Waals surface area contributed by atoms with Gasteiger partial charge in [0.25, 0.3) is 0 Å². The number of rotatable bonds is 1. The van der Waals surface area contributed by atoms with Gasteiger partial charge in [-0.25, -0.2) is 0 Å². The summed E-state index contributed by atoms with van der Waals surface area (Å²) in [6.07, 6.45) is 3.82. The summed E-state index contributed by atoms with van der Waals surface area (Å²) in [5, 5.41) is 9.38. The van der Waals surface area contributed by atoms with E-state index in [4.69, 9.17) is 10.5 Å². The molecule has 1 aromatic carbocycles. The third-order valence-electron chi connectivity index (χ3n) is 3.84. The summed E-state index contributed by atoms with van der Waals surface area (Å²) in [6, 6.07) is 7.69. The van der Waals surface area contributed by atoms with Gasteiger partial charge in [0.1, 0.15) is 6.07 Å². The number of nitrogens with zero attached hydrogens (tertiary/aromatic N) is 1. The van der Waals surface area contributed by atoms with Crippen LogP contribution < -0.4 is 5.73 Å². The van der Waals surface area contributed by atoms with Gasteiger partial charge in [0.05, 0.1) is 5.56 Å². The van der Waals surface area contributed by atoms with E-state index in [0.29, 0.717) is 22.6 Å². The first-order valence-corrected chi connectivity index (χ1v) is 7.20. The highest BCUT2D eigenvalue weighted by Crippen LogP contribution is 2.41. The molecule has 5 heteroatoms. The second-order valence-electron chi connectivity index (χ2n) is 5.13. The lowest BCUT2D eigenvalue weighted by Crippen LogP contribution is -2.24. The van der Waals surface area contributed by atoms with Crippen molar-refractivity contribution >= 4 is 18.4 Å². The van der Waals surface area contributed by atoms with Crippen molar-refractivity contribution in [1.29, 1.82) is 5.26 Å². The smallest absolute Gasteiger partial charge is 0.198 e. The molecule has 0 saturated heterocycles. The number of ketones is 1. The molecular formula is C16H14N2O2S. The first-order valence-electron chi connectivity index (χ1n) is 6.75. The number of carbonyl (C=O) groups excluding carboxylic acids is 1. The lowest BCUT2D eigenvalue weighted by molar-refractivity contribution is -0.119. The molecule has 0 spiro atoms. The van der Waals surface area contributed by atoms with E-state index < -0.39 is 0 Å². The molecule has 1 atom stereocenters. The van der Waals surface area contributed by atoms with Crippen LogP contribution in [0.4, 0.5) is 0 Å². The Bertz CT molecular complexity index is 728. The number of allylic oxidation sites excluding steroid dienone is 3.